The molecule has 5 aromatic rings. The van der Waals surface area contributed by atoms with Crippen molar-refractivity contribution in [2.24, 2.45) is 0 Å². The first-order valence-electron chi connectivity index (χ1n) is 15.7. The molecule has 1 aromatic heterocycles. The van der Waals surface area contributed by atoms with E-state index in [1.807, 2.05) is 0 Å². The number of carbonyl (C=O) groups excluding carboxylic acids is 4. The zero-order valence-electron chi connectivity index (χ0n) is 28.5. The van der Waals surface area contributed by atoms with E-state index in [0.29, 0.717) is 56.0 Å². The van der Waals surface area contributed by atoms with Crippen molar-refractivity contribution in [2.75, 3.05) is 0 Å². The third-order valence-electron chi connectivity index (χ3n) is 7.71. The summed E-state index contributed by atoms with van der Waals surface area (Å²) in [5.74, 6) is -1.11. The smallest absolute Gasteiger partial charge is 0.347 e. The summed E-state index contributed by atoms with van der Waals surface area (Å²) in [6.07, 6.45) is 0. The first kappa shape index (κ1) is 34.9. The number of benzene rings is 4. The van der Waals surface area contributed by atoms with Crippen LogP contribution in [0.3, 0.4) is 0 Å². The number of carbonyl (C=O) groups is 4. The Bertz CT molecular complexity index is 2050. The van der Waals surface area contributed by atoms with Crippen LogP contribution in [-0.2, 0) is 0 Å². The molecule has 10 heteroatoms. The molecule has 0 aliphatic heterocycles. The average Bonchev–Trinajstić information content (AvgIpc) is 3.06. The minimum atomic E-state index is -0.695. The van der Waals surface area contributed by atoms with Gasteiger partial charge in [-0.2, -0.15) is 0 Å². The molecule has 0 unspecified atom stereocenters. The number of Topliss-reactive ketones (excluding diaryl/α,β-unsaturated/α-hetero) is 2. The number of rotatable bonds is 6. The monoisotopic (exact) mass is 666 g/mol. The van der Waals surface area contributed by atoms with Crippen molar-refractivity contribution in [3.63, 3.8) is 0 Å². The molecule has 0 saturated heterocycles. The van der Waals surface area contributed by atoms with Gasteiger partial charge in [0.2, 0.25) is 0 Å². The Morgan fingerprint density at radius 1 is 0.420 bits per heavy atom. The van der Waals surface area contributed by atoms with Crippen LogP contribution in [0.5, 0.6) is 11.5 Å². The summed E-state index contributed by atoms with van der Waals surface area (Å²) in [6, 6.07) is 26.6. The molecule has 0 atom stereocenters. The lowest BCUT2D eigenvalue weighted by Gasteiger charge is -2.09. The van der Waals surface area contributed by atoms with Crippen molar-refractivity contribution < 1.29 is 28.7 Å². The van der Waals surface area contributed by atoms with E-state index in [2.05, 4.69) is 0 Å². The summed E-state index contributed by atoms with van der Waals surface area (Å²) >= 11 is 0. The lowest BCUT2D eigenvalue weighted by atomic mass is 10.1. The van der Waals surface area contributed by atoms with Crippen LogP contribution in [0, 0.1) is 27.7 Å². The van der Waals surface area contributed by atoms with Crippen LogP contribution in [-0.4, -0.2) is 43.4 Å². The minimum Gasteiger partial charge on any atom is -0.423 e. The van der Waals surface area contributed by atoms with E-state index in [9.17, 15) is 19.2 Å². The maximum atomic E-state index is 13.8. The number of ketones is 2. The molecule has 250 valence electrons. The summed E-state index contributed by atoms with van der Waals surface area (Å²) in [4.78, 5) is 70.2. The van der Waals surface area contributed by atoms with Gasteiger partial charge in [-0.15, -0.1) is 0 Å². The summed E-state index contributed by atoms with van der Waals surface area (Å²) in [5.41, 5.74) is 4.15. The van der Waals surface area contributed by atoms with Crippen LogP contribution < -0.4 is 9.47 Å². The second kappa shape index (κ2) is 15.2. The SMILES string of the molecule is CC(=O)c1ccc(OC(=O)c2c(C)nc3ccccc3nc(C)c(C(=O)Oc3ccc(C(C)=O)cc3)c(C)nc3ccccc3nc2C)cc1. The maximum Gasteiger partial charge on any atom is 0.347 e. The van der Waals surface area contributed by atoms with Crippen LogP contribution in [0.2, 0.25) is 0 Å². The zero-order chi connectivity index (χ0) is 35.9. The van der Waals surface area contributed by atoms with Gasteiger partial charge in [0.1, 0.15) is 22.6 Å². The molecule has 4 aromatic carbocycles. The molecule has 0 fully saturated rings. The highest BCUT2D eigenvalue weighted by Crippen LogP contribution is 2.21. The molecule has 0 saturated carbocycles. The van der Waals surface area contributed by atoms with E-state index >= 15 is 0 Å². The van der Waals surface area contributed by atoms with E-state index in [4.69, 9.17) is 29.4 Å². The molecule has 0 spiro atoms. The summed E-state index contributed by atoms with van der Waals surface area (Å²) in [6.45, 7) is 9.62. The van der Waals surface area contributed by atoms with Crippen LogP contribution >= 0.6 is 0 Å². The summed E-state index contributed by atoms with van der Waals surface area (Å²) < 4.78 is 11.5. The lowest BCUT2D eigenvalue weighted by Crippen LogP contribution is -2.13. The molecule has 0 N–H and O–H groups in total. The van der Waals surface area contributed by atoms with Crippen molar-refractivity contribution in [1.29, 1.82) is 0 Å². The fourth-order valence-electron chi connectivity index (χ4n) is 5.20. The molecule has 1 heterocycles. The van der Waals surface area contributed by atoms with Gasteiger partial charge in [-0.05, 0) is 114 Å². The number of aryl methyl sites for hydroxylation is 4. The standard InChI is InChI=1S/C40H34N4O6/c1-23-37(39(47)49-31-19-15-29(16-20-31)27(5)45)24(2)42-35-13-9-10-14-36(35)44-26(4)38(25(3)43-34-12-8-7-11-33(34)41-23)40(48)50-32-21-17-30(18-22-32)28(6)46/h7-22H,1-6H3. The number of aromatic nitrogens is 4. The number of esters is 2. The Morgan fingerprint density at radius 3 is 0.920 bits per heavy atom. The third-order valence-corrected chi connectivity index (χ3v) is 7.71. The summed E-state index contributed by atoms with van der Waals surface area (Å²) in [7, 11) is 0. The van der Waals surface area contributed by atoms with Crippen molar-refractivity contribution in [1.82, 2.24) is 19.9 Å². The van der Waals surface area contributed by atoms with Gasteiger partial charge < -0.3 is 9.47 Å². The van der Waals surface area contributed by atoms with Crippen molar-refractivity contribution in [3.05, 3.63) is 142 Å². The molecule has 5 rings (SSSR count). The van der Waals surface area contributed by atoms with E-state index in [-0.39, 0.29) is 34.2 Å². The molecule has 0 aliphatic rings. The molecular weight excluding hydrogens is 632 g/mol. The van der Waals surface area contributed by atoms with Gasteiger partial charge >= 0.3 is 11.9 Å². The van der Waals surface area contributed by atoms with Gasteiger partial charge in [0.25, 0.3) is 0 Å². The second-order valence-corrected chi connectivity index (χ2v) is 11.5. The highest BCUT2D eigenvalue weighted by atomic mass is 16.5. The topological polar surface area (TPSA) is 138 Å². The van der Waals surface area contributed by atoms with Crippen LogP contribution in [0.15, 0.2) is 97.1 Å². The van der Waals surface area contributed by atoms with Gasteiger partial charge in [-0.1, -0.05) is 24.3 Å². The van der Waals surface area contributed by atoms with Crippen molar-refractivity contribution in [3.8, 4) is 11.5 Å². The van der Waals surface area contributed by atoms with Gasteiger partial charge in [-0.3, -0.25) is 29.5 Å². The van der Waals surface area contributed by atoms with Gasteiger partial charge in [0.15, 0.2) is 11.6 Å². The Morgan fingerprint density at radius 2 is 0.680 bits per heavy atom. The Balaban J connectivity index is 1.76. The molecule has 0 radical (unpaired) electrons. The molecule has 0 bridgehead atoms. The van der Waals surface area contributed by atoms with E-state index in [0.717, 1.165) is 0 Å². The Hall–Kier alpha value is -6.42. The predicted octanol–water partition coefficient (Wildman–Crippen LogP) is 7.90. The van der Waals surface area contributed by atoms with E-state index in [1.165, 1.54) is 13.8 Å². The molecule has 0 amide bonds. The Kier molecular flexibility index (Phi) is 10.6. The fraction of sp³-hybridized carbons (Fsp3) is 0.150. The highest BCUT2D eigenvalue weighted by molar-refractivity contribution is 5.96. The van der Waals surface area contributed by atoms with Crippen LogP contribution in [0.4, 0.5) is 0 Å². The number of hydrogen-bond acceptors (Lipinski definition) is 10. The summed E-state index contributed by atoms with van der Waals surface area (Å²) in [5, 5.41) is 0. The van der Waals surface area contributed by atoms with Gasteiger partial charge in [0, 0.05) is 11.1 Å². The van der Waals surface area contributed by atoms with Crippen molar-refractivity contribution in [2.45, 2.75) is 41.5 Å². The Labute approximate surface area is 288 Å². The zero-order valence-corrected chi connectivity index (χ0v) is 28.5. The number of nitrogens with zero attached hydrogens (tertiary/aromatic N) is 4. The maximum absolute atomic E-state index is 13.8. The fourth-order valence-corrected chi connectivity index (χ4v) is 5.20. The van der Waals surface area contributed by atoms with Gasteiger partial charge in [-0.25, -0.2) is 9.59 Å². The second-order valence-electron chi connectivity index (χ2n) is 11.5. The predicted molar refractivity (Wildman–Crippen MR) is 190 cm³/mol. The number of hydrogen-bond donors (Lipinski definition) is 0. The minimum absolute atomic E-state index is 0.107. The largest absolute Gasteiger partial charge is 0.423 e. The van der Waals surface area contributed by atoms with Gasteiger partial charge in [0.05, 0.1) is 44.8 Å². The number of fused-ring (bicyclic) bond motifs is 2. The average molecular weight is 667 g/mol. The molecule has 10 nitrogen and oxygen atoms in total. The molecular formula is C40H34N4O6. The number of ether oxygens (including phenoxy) is 2. The van der Waals surface area contributed by atoms with Crippen LogP contribution in [0.1, 0.15) is 78.1 Å². The first-order chi connectivity index (χ1) is 23.9. The third kappa shape index (κ3) is 8.16. The number of para-hydroxylation sites is 4. The molecule has 0 aliphatic carbocycles. The van der Waals surface area contributed by atoms with Crippen LogP contribution in [0.25, 0.3) is 22.1 Å². The normalized spacial score (nSPS) is 10.5. The van der Waals surface area contributed by atoms with E-state index in [1.54, 1.807) is 125 Å². The van der Waals surface area contributed by atoms with Crippen molar-refractivity contribution >= 4 is 45.6 Å². The molecule has 50 heavy (non-hydrogen) atoms. The highest BCUT2D eigenvalue weighted by Gasteiger charge is 2.18. The first-order valence-corrected chi connectivity index (χ1v) is 15.7. The van der Waals surface area contributed by atoms with E-state index < -0.39 is 11.9 Å². The quantitative estimate of drug-likeness (QED) is 0.0998. The lowest BCUT2D eigenvalue weighted by molar-refractivity contribution is 0.0722.